The molecule has 0 saturated carbocycles. The van der Waals surface area contributed by atoms with Crippen molar-refractivity contribution in [2.24, 2.45) is 0 Å². The van der Waals surface area contributed by atoms with Crippen LogP contribution in [0.3, 0.4) is 0 Å². The minimum atomic E-state index is -0.167. The molecule has 112 valence electrons. The highest BCUT2D eigenvalue weighted by Crippen LogP contribution is 2.26. The third-order valence-corrected chi connectivity index (χ3v) is 4.11. The molecule has 0 unspecified atom stereocenters. The largest absolute Gasteiger partial charge is 0.495 e. The van der Waals surface area contributed by atoms with Gasteiger partial charge in [0.2, 0.25) is 0 Å². The summed E-state index contributed by atoms with van der Waals surface area (Å²) in [5.41, 5.74) is 1.77. The molecular weight excluding hydrogens is 298 g/mol. The first-order valence-electron chi connectivity index (χ1n) is 6.76. The number of thiophene rings is 1. The zero-order valence-electron chi connectivity index (χ0n) is 12.0. The fourth-order valence-electron chi connectivity index (χ4n) is 2.15. The highest BCUT2D eigenvalue weighted by molar-refractivity contribution is 7.12. The second-order valence-electron chi connectivity index (χ2n) is 4.63. The maximum Gasteiger partial charge on any atom is 0.269 e. The average molecular weight is 313 g/mol. The van der Waals surface area contributed by atoms with Gasteiger partial charge in [0.15, 0.2) is 0 Å². The van der Waals surface area contributed by atoms with Crippen molar-refractivity contribution < 1.29 is 9.53 Å². The van der Waals surface area contributed by atoms with E-state index in [1.54, 1.807) is 19.4 Å². The van der Waals surface area contributed by atoms with Crippen LogP contribution in [0.4, 0.5) is 5.69 Å². The summed E-state index contributed by atoms with van der Waals surface area (Å²) in [5.74, 6) is 0.423. The number of anilines is 1. The van der Waals surface area contributed by atoms with Crippen LogP contribution in [0.15, 0.2) is 54.2 Å². The number of ether oxygens (including phenoxy) is 1. The Labute approximate surface area is 132 Å². The lowest BCUT2D eigenvalue weighted by atomic mass is 10.1. The Bertz CT molecular complexity index is 765. The van der Waals surface area contributed by atoms with Gasteiger partial charge in [0.25, 0.3) is 5.91 Å². The molecule has 2 aromatic heterocycles. The van der Waals surface area contributed by atoms with Crippen LogP contribution in [0.5, 0.6) is 5.75 Å². The molecule has 6 heteroatoms. The standard InChI is InChI=1S/C16H15N3O2S/c1-21-14-7-10-22-15(14)16(20)18-13-6-3-2-5-12(13)11-19-9-4-8-17-19/h2-10H,11H2,1H3,(H,18,20). The van der Waals surface area contributed by atoms with E-state index >= 15 is 0 Å². The summed E-state index contributed by atoms with van der Waals surface area (Å²) in [6, 6.07) is 11.4. The van der Waals surface area contributed by atoms with Crippen molar-refractivity contribution in [1.29, 1.82) is 0 Å². The minimum Gasteiger partial charge on any atom is -0.495 e. The van der Waals surface area contributed by atoms with E-state index in [1.165, 1.54) is 11.3 Å². The Morgan fingerprint density at radius 1 is 1.32 bits per heavy atom. The maximum absolute atomic E-state index is 12.4. The summed E-state index contributed by atoms with van der Waals surface area (Å²) in [6.45, 7) is 0.602. The first-order chi connectivity index (χ1) is 10.8. The van der Waals surface area contributed by atoms with E-state index in [4.69, 9.17) is 4.74 Å². The molecule has 0 aliphatic rings. The van der Waals surface area contributed by atoms with Gasteiger partial charge in [0.1, 0.15) is 10.6 Å². The van der Waals surface area contributed by atoms with Crippen LogP contribution in [0.1, 0.15) is 15.2 Å². The van der Waals surface area contributed by atoms with Crippen molar-refractivity contribution in [3.05, 3.63) is 64.6 Å². The first-order valence-corrected chi connectivity index (χ1v) is 7.64. The summed E-state index contributed by atoms with van der Waals surface area (Å²) in [5, 5.41) is 8.98. The van der Waals surface area contributed by atoms with Crippen molar-refractivity contribution in [2.45, 2.75) is 6.54 Å². The zero-order valence-corrected chi connectivity index (χ0v) is 12.8. The molecule has 0 fully saturated rings. The lowest BCUT2D eigenvalue weighted by Gasteiger charge is -2.11. The molecule has 0 spiro atoms. The predicted octanol–water partition coefficient (Wildman–Crippen LogP) is 3.25. The van der Waals surface area contributed by atoms with Crippen molar-refractivity contribution in [1.82, 2.24) is 9.78 Å². The van der Waals surface area contributed by atoms with Gasteiger partial charge in [-0.25, -0.2) is 0 Å². The molecule has 22 heavy (non-hydrogen) atoms. The smallest absolute Gasteiger partial charge is 0.269 e. The quantitative estimate of drug-likeness (QED) is 0.786. The summed E-state index contributed by atoms with van der Waals surface area (Å²) in [6.07, 6.45) is 3.62. The van der Waals surface area contributed by atoms with Crippen LogP contribution >= 0.6 is 11.3 Å². The monoisotopic (exact) mass is 313 g/mol. The van der Waals surface area contributed by atoms with Gasteiger partial charge in [-0.15, -0.1) is 11.3 Å². The van der Waals surface area contributed by atoms with Crippen molar-refractivity contribution >= 4 is 22.9 Å². The average Bonchev–Trinajstić information content (AvgIpc) is 3.20. The molecule has 0 atom stereocenters. The minimum absolute atomic E-state index is 0.167. The molecule has 0 aliphatic heterocycles. The van der Waals surface area contributed by atoms with Crippen molar-refractivity contribution in [2.75, 3.05) is 12.4 Å². The number of para-hydroxylation sites is 1. The first kappa shape index (κ1) is 14.3. The fraction of sp³-hybridized carbons (Fsp3) is 0.125. The van der Waals surface area contributed by atoms with E-state index in [9.17, 15) is 4.79 Å². The van der Waals surface area contributed by atoms with E-state index in [2.05, 4.69) is 10.4 Å². The number of carbonyl (C=O) groups is 1. The summed E-state index contributed by atoms with van der Waals surface area (Å²) in [4.78, 5) is 13.0. The highest BCUT2D eigenvalue weighted by atomic mass is 32.1. The Hall–Kier alpha value is -2.60. The number of rotatable bonds is 5. The molecule has 0 saturated heterocycles. The number of nitrogens with one attached hydrogen (secondary N) is 1. The molecule has 0 bridgehead atoms. The molecule has 1 N–H and O–H groups in total. The Kier molecular flexibility index (Phi) is 4.20. The normalized spacial score (nSPS) is 10.4. The van der Waals surface area contributed by atoms with E-state index in [0.717, 1.165) is 11.3 Å². The lowest BCUT2D eigenvalue weighted by molar-refractivity contribution is 0.102. The third kappa shape index (κ3) is 3.01. The maximum atomic E-state index is 12.4. The van der Waals surface area contributed by atoms with E-state index in [0.29, 0.717) is 17.2 Å². The number of carbonyl (C=O) groups excluding carboxylic acids is 1. The van der Waals surface area contributed by atoms with Crippen molar-refractivity contribution in [3.8, 4) is 5.75 Å². The number of amides is 1. The van der Waals surface area contributed by atoms with E-state index in [1.807, 2.05) is 46.6 Å². The van der Waals surface area contributed by atoms with Gasteiger partial charge in [-0.1, -0.05) is 18.2 Å². The molecule has 3 rings (SSSR count). The van der Waals surface area contributed by atoms with Gasteiger partial charge in [0, 0.05) is 18.1 Å². The topological polar surface area (TPSA) is 56.1 Å². The third-order valence-electron chi connectivity index (χ3n) is 3.21. The van der Waals surface area contributed by atoms with Gasteiger partial charge >= 0.3 is 0 Å². The van der Waals surface area contributed by atoms with Crippen molar-refractivity contribution in [3.63, 3.8) is 0 Å². The SMILES string of the molecule is COc1ccsc1C(=O)Nc1ccccc1Cn1cccn1. The number of hydrogen-bond acceptors (Lipinski definition) is 4. The number of benzene rings is 1. The van der Waals surface area contributed by atoms with Gasteiger partial charge in [0.05, 0.1) is 13.7 Å². The van der Waals surface area contributed by atoms with Crippen LogP contribution in [-0.4, -0.2) is 22.8 Å². The zero-order chi connectivity index (χ0) is 15.4. The lowest BCUT2D eigenvalue weighted by Crippen LogP contribution is -2.13. The van der Waals surface area contributed by atoms with Gasteiger partial charge in [-0.3, -0.25) is 9.48 Å². The molecule has 5 nitrogen and oxygen atoms in total. The number of hydrogen-bond donors (Lipinski definition) is 1. The van der Waals surface area contributed by atoms with Crippen LogP contribution in [0, 0.1) is 0 Å². The van der Waals surface area contributed by atoms with E-state index < -0.39 is 0 Å². The number of aromatic nitrogens is 2. The number of methoxy groups -OCH3 is 1. The van der Waals surface area contributed by atoms with Gasteiger partial charge < -0.3 is 10.1 Å². The van der Waals surface area contributed by atoms with Gasteiger partial charge in [-0.2, -0.15) is 5.10 Å². The molecule has 3 aromatic rings. The van der Waals surface area contributed by atoms with Crippen LogP contribution in [0.2, 0.25) is 0 Å². The Balaban J connectivity index is 1.82. The molecule has 2 heterocycles. The number of nitrogens with zero attached hydrogens (tertiary/aromatic N) is 2. The summed E-state index contributed by atoms with van der Waals surface area (Å²) in [7, 11) is 1.56. The Morgan fingerprint density at radius 3 is 2.95 bits per heavy atom. The molecule has 1 amide bonds. The predicted molar refractivity (Wildman–Crippen MR) is 86.6 cm³/mol. The second-order valence-corrected chi connectivity index (χ2v) is 5.55. The molecule has 0 radical (unpaired) electrons. The fourth-order valence-corrected chi connectivity index (χ4v) is 2.90. The molecular formula is C16H15N3O2S. The highest BCUT2D eigenvalue weighted by Gasteiger charge is 2.15. The van der Waals surface area contributed by atoms with E-state index in [-0.39, 0.29) is 5.91 Å². The molecule has 0 aliphatic carbocycles. The van der Waals surface area contributed by atoms with Crippen LogP contribution in [0.25, 0.3) is 0 Å². The van der Waals surface area contributed by atoms with Crippen LogP contribution in [-0.2, 0) is 6.54 Å². The van der Waals surface area contributed by atoms with Gasteiger partial charge in [-0.05, 0) is 29.1 Å². The molecule has 1 aromatic carbocycles. The summed E-state index contributed by atoms with van der Waals surface area (Å²) >= 11 is 1.36. The second kappa shape index (κ2) is 6.44. The van der Waals surface area contributed by atoms with Crippen LogP contribution < -0.4 is 10.1 Å². The summed E-state index contributed by atoms with van der Waals surface area (Å²) < 4.78 is 7.01. The Morgan fingerprint density at radius 2 is 2.18 bits per heavy atom.